The highest BCUT2D eigenvalue weighted by Crippen LogP contribution is 2.14. The van der Waals surface area contributed by atoms with Gasteiger partial charge in [-0.1, -0.05) is 54.2 Å². The molecular formula is C29H38N4O7S. The molecule has 0 bridgehead atoms. The minimum atomic E-state index is -1.03. The number of hydrogen-bond donors (Lipinski definition) is 2. The van der Waals surface area contributed by atoms with Crippen LogP contribution in [0.1, 0.15) is 45.2 Å². The van der Waals surface area contributed by atoms with Crippen molar-refractivity contribution < 1.29 is 28.8 Å². The lowest BCUT2D eigenvalue weighted by atomic mass is 10.0. The number of non-ortho nitro benzene ring substituents is 1. The van der Waals surface area contributed by atoms with E-state index in [1.807, 2.05) is 30.3 Å². The molecule has 11 nitrogen and oxygen atoms in total. The van der Waals surface area contributed by atoms with Crippen LogP contribution < -0.4 is 10.6 Å². The maximum Gasteiger partial charge on any atom is 0.318 e. The van der Waals surface area contributed by atoms with Gasteiger partial charge >= 0.3 is 12.0 Å². The summed E-state index contributed by atoms with van der Waals surface area (Å²) in [5.74, 6) is -0.586. The van der Waals surface area contributed by atoms with Crippen LogP contribution in [0.25, 0.3) is 0 Å². The molecule has 0 spiro atoms. The van der Waals surface area contributed by atoms with Gasteiger partial charge in [0, 0.05) is 50.9 Å². The highest BCUT2D eigenvalue weighted by atomic mass is 32.2. The van der Waals surface area contributed by atoms with Gasteiger partial charge in [0.1, 0.15) is 11.6 Å². The quantitative estimate of drug-likeness (QED) is 0.192. The number of esters is 1. The molecule has 222 valence electrons. The van der Waals surface area contributed by atoms with E-state index in [4.69, 9.17) is 4.74 Å². The zero-order chi connectivity index (χ0) is 30.4. The zero-order valence-electron chi connectivity index (χ0n) is 23.9. The fourth-order valence-electron chi connectivity index (χ4n) is 3.77. The molecule has 0 aliphatic heterocycles. The monoisotopic (exact) mass is 586 g/mol. The SMILES string of the molecule is CC(=O)SCCN(CCc1ccccc1)C(=O)N[C@@H](Cc1ccc([N+](=O)[O-])cc1)C(=O)NCCC(=O)OC(C)(C)C. The number of nitro benzene ring substituents is 1. The molecule has 0 aliphatic carbocycles. The molecule has 0 aromatic heterocycles. The van der Waals surface area contributed by atoms with Crippen LogP contribution in [0.5, 0.6) is 0 Å². The average Bonchev–Trinajstić information content (AvgIpc) is 2.89. The van der Waals surface area contributed by atoms with E-state index < -0.39 is 34.5 Å². The Hall–Kier alpha value is -3.93. The number of nitrogens with one attached hydrogen (secondary N) is 2. The van der Waals surface area contributed by atoms with Crippen LogP contribution in [0, 0.1) is 10.1 Å². The zero-order valence-corrected chi connectivity index (χ0v) is 24.7. The Morgan fingerprint density at radius 2 is 1.66 bits per heavy atom. The summed E-state index contributed by atoms with van der Waals surface area (Å²) in [6.07, 6.45) is 0.595. The molecule has 0 radical (unpaired) electrons. The Labute approximate surface area is 244 Å². The van der Waals surface area contributed by atoms with Crippen molar-refractivity contribution in [2.75, 3.05) is 25.4 Å². The molecule has 2 rings (SSSR count). The number of nitro groups is 1. The van der Waals surface area contributed by atoms with Crippen LogP contribution in [0.15, 0.2) is 54.6 Å². The van der Waals surface area contributed by atoms with Crippen LogP contribution in [-0.2, 0) is 32.0 Å². The van der Waals surface area contributed by atoms with Gasteiger partial charge in [-0.2, -0.15) is 0 Å². The van der Waals surface area contributed by atoms with Crippen molar-refractivity contribution in [2.24, 2.45) is 0 Å². The third-order valence-corrected chi connectivity index (χ3v) is 6.51. The third kappa shape index (κ3) is 13.3. The smallest absolute Gasteiger partial charge is 0.318 e. The first-order chi connectivity index (χ1) is 19.3. The number of nitrogens with zero attached hydrogens (tertiary/aromatic N) is 2. The van der Waals surface area contributed by atoms with E-state index in [1.54, 1.807) is 25.7 Å². The van der Waals surface area contributed by atoms with E-state index in [0.717, 1.165) is 17.3 Å². The second-order valence-corrected chi connectivity index (χ2v) is 11.6. The van der Waals surface area contributed by atoms with Crippen molar-refractivity contribution in [1.82, 2.24) is 15.5 Å². The summed E-state index contributed by atoms with van der Waals surface area (Å²) in [5.41, 5.74) is 0.890. The van der Waals surface area contributed by atoms with Gasteiger partial charge in [-0.3, -0.25) is 24.5 Å². The Kier molecular flexibility index (Phi) is 13.3. The van der Waals surface area contributed by atoms with E-state index in [1.165, 1.54) is 31.2 Å². The summed E-state index contributed by atoms with van der Waals surface area (Å²) >= 11 is 1.11. The number of thioether (sulfide) groups is 1. The van der Waals surface area contributed by atoms with Gasteiger partial charge in [-0.25, -0.2) is 4.79 Å². The Morgan fingerprint density at radius 1 is 1.00 bits per heavy atom. The standard InChI is InChI=1S/C29H38N4O7S/c1-21(34)41-19-18-32(17-15-22-8-6-5-7-9-22)28(37)31-25(20-23-10-12-24(13-11-23)33(38)39)27(36)30-16-14-26(35)40-29(2,3)4/h5-13,25H,14-20H2,1-4H3,(H,30,36)(H,31,37)/t25-/m0/s1. The van der Waals surface area contributed by atoms with Crippen LogP contribution in [0.4, 0.5) is 10.5 Å². The molecule has 0 fully saturated rings. The lowest BCUT2D eigenvalue weighted by Gasteiger charge is -2.26. The summed E-state index contributed by atoms with van der Waals surface area (Å²) in [6.45, 7) is 7.35. The van der Waals surface area contributed by atoms with Gasteiger partial charge < -0.3 is 20.3 Å². The maximum atomic E-state index is 13.4. The largest absolute Gasteiger partial charge is 0.460 e. The van der Waals surface area contributed by atoms with Gasteiger partial charge in [0.05, 0.1) is 11.3 Å². The number of amides is 3. The predicted molar refractivity (Wildman–Crippen MR) is 157 cm³/mol. The lowest BCUT2D eigenvalue weighted by molar-refractivity contribution is -0.384. The first-order valence-electron chi connectivity index (χ1n) is 13.3. The van der Waals surface area contributed by atoms with Crippen molar-refractivity contribution in [1.29, 1.82) is 0 Å². The first kappa shape index (κ1) is 33.3. The highest BCUT2D eigenvalue weighted by Gasteiger charge is 2.25. The minimum Gasteiger partial charge on any atom is -0.460 e. The Bertz CT molecular complexity index is 1180. The number of hydrogen-bond acceptors (Lipinski definition) is 8. The molecule has 0 saturated carbocycles. The number of benzene rings is 2. The predicted octanol–water partition coefficient (Wildman–Crippen LogP) is 3.89. The van der Waals surface area contributed by atoms with Gasteiger partial charge in [-0.15, -0.1) is 0 Å². The molecule has 2 N–H and O–H groups in total. The molecule has 0 saturated heterocycles. The molecule has 0 heterocycles. The van der Waals surface area contributed by atoms with Crippen LogP contribution in [0.3, 0.4) is 0 Å². The molecule has 0 aliphatic rings. The van der Waals surface area contributed by atoms with Gasteiger partial charge in [0.2, 0.25) is 5.91 Å². The average molecular weight is 587 g/mol. The van der Waals surface area contributed by atoms with Crippen molar-refractivity contribution >= 4 is 40.5 Å². The molecular weight excluding hydrogens is 548 g/mol. The second kappa shape index (κ2) is 16.4. The molecule has 0 unspecified atom stereocenters. The molecule has 2 aromatic carbocycles. The summed E-state index contributed by atoms with van der Waals surface area (Å²) in [5, 5.41) is 16.4. The number of carbonyl (C=O) groups excluding carboxylic acids is 4. The second-order valence-electron chi connectivity index (χ2n) is 10.3. The molecule has 3 amide bonds. The van der Waals surface area contributed by atoms with Gasteiger partial charge in [-0.05, 0) is 38.3 Å². The fraction of sp³-hybridized carbons (Fsp3) is 0.448. The van der Waals surface area contributed by atoms with Gasteiger partial charge in [0.15, 0.2) is 5.12 Å². The van der Waals surface area contributed by atoms with E-state index in [2.05, 4.69) is 10.6 Å². The molecule has 2 aromatic rings. The van der Waals surface area contributed by atoms with Crippen LogP contribution in [0.2, 0.25) is 0 Å². The highest BCUT2D eigenvalue weighted by molar-refractivity contribution is 8.13. The van der Waals surface area contributed by atoms with Gasteiger partial charge in [0.25, 0.3) is 5.69 Å². The maximum absolute atomic E-state index is 13.4. The third-order valence-electron chi connectivity index (χ3n) is 5.72. The van der Waals surface area contributed by atoms with E-state index >= 15 is 0 Å². The number of urea groups is 1. The Balaban J connectivity index is 2.15. The summed E-state index contributed by atoms with van der Waals surface area (Å²) < 4.78 is 5.27. The molecule has 1 atom stereocenters. The molecule has 12 heteroatoms. The topological polar surface area (TPSA) is 148 Å². The van der Waals surface area contributed by atoms with Crippen molar-refractivity contribution in [2.45, 2.75) is 58.6 Å². The summed E-state index contributed by atoms with van der Waals surface area (Å²) in [7, 11) is 0. The normalized spacial score (nSPS) is 11.7. The summed E-state index contributed by atoms with van der Waals surface area (Å²) in [4.78, 5) is 62.2. The number of rotatable bonds is 14. The van der Waals surface area contributed by atoms with Crippen molar-refractivity contribution in [3.63, 3.8) is 0 Å². The van der Waals surface area contributed by atoms with Crippen LogP contribution in [-0.4, -0.2) is 69.9 Å². The van der Waals surface area contributed by atoms with E-state index in [0.29, 0.717) is 24.3 Å². The number of carbonyl (C=O) groups is 4. The lowest BCUT2D eigenvalue weighted by Crippen LogP contribution is -2.53. The fourth-order valence-corrected chi connectivity index (χ4v) is 4.36. The van der Waals surface area contributed by atoms with E-state index in [9.17, 15) is 29.3 Å². The summed E-state index contributed by atoms with van der Waals surface area (Å²) in [6, 6.07) is 13.8. The number of ether oxygens (including phenoxy) is 1. The first-order valence-corrected chi connectivity index (χ1v) is 14.3. The Morgan fingerprint density at radius 3 is 2.24 bits per heavy atom. The van der Waals surface area contributed by atoms with Crippen LogP contribution >= 0.6 is 11.8 Å². The minimum absolute atomic E-state index is 0.00729. The molecule has 41 heavy (non-hydrogen) atoms. The van der Waals surface area contributed by atoms with Crippen molar-refractivity contribution in [3.8, 4) is 0 Å². The van der Waals surface area contributed by atoms with E-state index in [-0.39, 0.29) is 36.7 Å². The van der Waals surface area contributed by atoms with Crippen molar-refractivity contribution in [3.05, 3.63) is 75.8 Å².